The lowest BCUT2D eigenvalue weighted by Crippen LogP contribution is -2.54. The lowest BCUT2D eigenvalue weighted by molar-refractivity contribution is 0.0357. The molecule has 4 heteroatoms. The van der Waals surface area contributed by atoms with Crippen molar-refractivity contribution in [2.45, 2.75) is 51.3 Å². The van der Waals surface area contributed by atoms with Crippen LogP contribution in [0.15, 0.2) is 0 Å². The van der Waals surface area contributed by atoms with Gasteiger partial charge in [0.05, 0.1) is 12.2 Å². The Bertz CT molecular complexity index is 266. The standard InChI is InChI=1S/C13H25N3O/c1-11(2)15-13(3,9-14)10-16-7-5-12(17-4)6-8-16/h11-12,15H,5-8,10H2,1-4H3. The number of methoxy groups -OCH3 is 1. The van der Waals surface area contributed by atoms with Crippen LogP contribution in [-0.4, -0.2) is 49.3 Å². The molecule has 4 nitrogen and oxygen atoms in total. The first-order valence-electron chi connectivity index (χ1n) is 6.43. The highest BCUT2D eigenvalue weighted by atomic mass is 16.5. The van der Waals surface area contributed by atoms with Crippen molar-refractivity contribution in [3.05, 3.63) is 0 Å². The molecule has 0 radical (unpaired) electrons. The van der Waals surface area contributed by atoms with Gasteiger partial charge in [0.1, 0.15) is 5.54 Å². The summed E-state index contributed by atoms with van der Waals surface area (Å²) in [5.74, 6) is 0. The van der Waals surface area contributed by atoms with Crippen molar-refractivity contribution in [3.63, 3.8) is 0 Å². The van der Waals surface area contributed by atoms with Gasteiger partial charge in [0.25, 0.3) is 0 Å². The van der Waals surface area contributed by atoms with Crippen LogP contribution >= 0.6 is 0 Å². The van der Waals surface area contributed by atoms with Crippen LogP contribution in [0.1, 0.15) is 33.6 Å². The van der Waals surface area contributed by atoms with Crippen LogP contribution in [0.5, 0.6) is 0 Å². The Balaban J connectivity index is 2.45. The van der Waals surface area contributed by atoms with Crippen molar-refractivity contribution in [1.29, 1.82) is 5.26 Å². The molecule has 98 valence electrons. The van der Waals surface area contributed by atoms with Gasteiger partial charge in [-0.3, -0.25) is 5.32 Å². The van der Waals surface area contributed by atoms with Crippen LogP contribution in [0.3, 0.4) is 0 Å². The van der Waals surface area contributed by atoms with E-state index in [0.29, 0.717) is 12.1 Å². The number of likely N-dealkylation sites (tertiary alicyclic amines) is 1. The van der Waals surface area contributed by atoms with E-state index in [0.717, 1.165) is 32.5 Å². The summed E-state index contributed by atoms with van der Waals surface area (Å²) in [4.78, 5) is 2.36. The molecule has 0 spiro atoms. The number of nitriles is 1. The first-order valence-corrected chi connectivity index (χ1v) is 6.43. The molecule has 0 amide bonds. The van der Waals surface area contributed by atoms with Gasteiger partial charge in [-0.25, -0.2) is 0 Å². The van der Waals surface area contributed by atoms with E-state index >= 15 is 0 Å². The number of hydrogen-bond acceptors (Lipinski definition) is 4. The third-order valence-corrected chi connectivity index (χ3v) is 3.26. The molecule has 1 aliphatic rings. The van der Waals surface area contributed by atoms with E-state index in [1.807, 2.05) is 6.92 Å². The predicted molar refractivity (Wildman–Crippen MR) is 68.8 cm³/mol. The molecule has 0 aromatic carbocycles. The summed E-state index contributed by atoms with van der Waals surface area (Å²) in [7, 11) is 1.78. The fraction of sp³-hybridized carbons (Fsp3) is 0.923. The Morgan fingerprint density at radius 1 is 1.47 bits per heavy atom. The molecule has 1 N–H and O–H groups in total. The minimum absolute atomic E-state index is 0.330. The zero-order valence-corrected chi connectivity index (χ0v) is 11.5. The van der Waals surface area contributed by atoms with Crippen molar-refractivity contribution in [2.75, 3.05) is 26.7 Å². The fourth-order valence-corrected chi connectivity index (χ4v) is 2.50. The number of ether oxygens (including phenoxy) is 1. The maximum absolute atomic E-state index is 9.30. The molecule has 1 heterocycles. The zero-order valence-electron chi connectivity index (χ0n) is 11.5. The molecule has 0 aliphatic carbocycles. The van der Waals surface area contributed by atoms with Crippen LogP contribution in [0.4, 0.5) is 0 Å². The summed E-state index contributed by atoms with van der Waals surface area (Å²) >= 11 is 0. The summed E-state index contributed by atoms with van der Waals surface area (Å²) in [5.41, 5.74) is -0.450. The highest BCUT2D eigenvalue weighted by molar-refractivity contribution is 5.06. The van der Waals surface area contributed by atoms with Gasteiger partial charge in [-0.2, -0.15) is 5.26 Å². The Morgan fingerprint density at radius 3 is 2.47 bits per heavy atom. The molecule has 0 aromatic heterocycles. The molecule has 17 heavy (non-hydrogen) atoms. The smallest absolute Gasteiger partial charge is 0.116 e. The summed E-state index contributed by atoms with van der Waals surface area (Å²) in [5, 5.41) is 12.6. The molecule has 0 aromatic rings. The molecule has 1 aliphatic heterocycles. The van der Waals surface area contributed by atoms with Gasteiger partial charge in [0.15, 0.2) is 0 Å². The Labute approximate surface area is 105 Å². The predicted octanol–water partition coefficient (Wildman–Crippen LogP) is 1.38. The van der Waals surface area contributed by atoms with Crippen molar-refractivity contribution in [3.8, 4) is 6.07 Å². The van der Waals surface area contributed by atoms with E-state index < -0.39 is 5.54 Å². The first-order chi connectivity index (χ1) is 7.99. The van der Waals surface area contributed by atoms with Crippen LogP contribution < -0.4 is 5.32 Å². The van der Waals surface area contributed by atoms with Crippen molar-refractivity contribution in [2.24, 2.45) is 0 Å². The Kier molecular flexibility index (Phi) is 5.38. The Morgan fingerprint density at radius 2 is 2.06 bits per heavy atom. The second-order valence-electron chi connectivity index (χ2n) is 5.45. The minimum Gasteiger partial charge on any atom is -0.381 e. The van der Waals surface area contributed by atoms with E-state index in [1.54, 1.807) is 7.11 Å². The van der Waals surface area contributed by atoms with Gasteiger partial charge in [-0.15, -0.1) is 0 Å². The van der Waals surface area contributed by atoms with E-state index in [9.17, 15) is 5.26 Å². The molecule has 1 fully saturated rings. The molecule has 0 saturated carbocycles. The van der Waals surface area contributed by atoms with Crippen molar-refractivity contribution >= 4 is 0 Å². The van der Waals surface area contributed by atoms with Gasteiger partial charge in [0.2, 0.25) is 0 Å². The molecular weight excluding hydrogens is 214 g/mol. The maximum atomic E-state index is 9.30. The van der Waals surface area contributed by atoms with Gasteiger partial charge in [-0.05, 0) is 33.6 Å². The first kappa shape index (κ1) is 14.4. The zero-order chi connectivity index (χ0) is 12.9. The van der Waals surface area contributed by atoms with E-state index in [-0.39, 0.29) is 0 Å². The van der Waals surface area contributed by atoms with Gasteiger partial charge in [-0.1, -0.05) is 0 Å². The van der Waals surface area contributed by atoms with E-state index in [1.165, 1.54) is 0 Å². The van der Waals surface area contributed by atoms with Crippen LogP contribution in [0, 0.1) is 11.3 Å². The second kappa shape index (κ2) is 6.34. The second-order valence-corrected chi connectivity index (χ2v) is 5.45. The molecule has 1 rings (SSSR count). The average Bonchev–Trinajstić information content (AvgIpc) is 2.29. The normalized spacial score (nSPS) is 22.4. The third-order valence-electron chi connectivity index (χ3n) is 3.26. The molecule has 1 saturated heterocycles. The lowest BCUT2D eigenvalue weighted by Gasteiger charge is -2.36. The fourth-order valence-electron chi connectivity index (χ4n) is 2.50. The Hall–Kier alpha value is -0.630. The largest absolute Gasteiger partial charge is 0.381 e. The molecule has 0 bridgehead atoms. The van der Waals surface area contributed by atoms with Crippen LogP contribution in [-0.2, 0) is 4.74 Å². The number of nitrogens with zero attached hydrogens (tertiary/aromatic N) is 2. The van der Waals surface area contributed by atoms with E-state index in [2.05, 4.69) is 30.1 Å². The van der Waals surface area contributed by atoms with Gasteiger partial charge < -0.3 is 9.64 Å². The van der Waals surface area contributed by atoms with Crippen LogP contribution in [0.2, 0.25) is 0 Å². The quantitative estimate of drug-likeness (QED) is 0.787. The lowest BCUT2D eigenvalue weighted by atomic mass is 10.00. The molecule has 1 unspecified atom stereocenters. The summed E-state index contributed by atoms with van der Waals surface area (Å²) in [6.45, 7) is 8.97. The van der Waals surface area contributed by atoms with Crippen LogP contribution in [0.25, 0.3) is 0 Å². The highest BCUT2D eigenvalue weighted by Crippen LogP contribution is 2.16. The molecule has 1 atom stereocenters. The number of piperidine rings is 1. The maximum Gasteiger partial charge on any atom is 0.116 e. The number of nitrogens with one attached hydrogen (secondary N) is 1. The third kappa shape index (κ3) is 4.63. The SMILES string of the molecule is COC1CCN(CC(C)(C#N)NC(C)C)CC1. The van der Waals surface area contributed by atoms with Crippen molar-refractivity contribution < 1.29 is 4.74 Å². The van der Waals surface area contributed by atoms with E-state index in [4.69, 9.17) is 4.74 Å². The average molecular weight is 239 g/mol. The number of rotatable bonds is 5. The summed E-state index contributed by atoms with van der Waals surface area (Å²) in [6, 6.07) is 2.73. The monoisotopic (exact) mass is 239 g/mol. The summed E-state index contributed by atoms with van der Waals surface area (Å²) < 4.78 is 5.35. The number of hydrogen-bond donors (Lipinski definition) is 1. The molecular formula is C13H25N3O. The highest BCUT2D eigenvalue weighted by Gasteiger charge is 2.29. The topological polar surface area (TPSA) is 48.3 Å². The van der Waals surface area contributed by atoms with Gasteiger partial charge >= 0.3 is 0 Å². The summed E-state index contributed by atoms with van der Waals surface area (Å²) in [6.07, 6.45) is 2.54. The van der Waals surface area contributed by atoms with Crippen molar-refractivity contribution in [1.82, 2.24) is 10.2 Å². The minimum atomic E-state index is -0.450. The van der Waals surface area contributed by atoms with Gasteiger partial charge in [0, 0.05) is 32.8 Å².